The highest BCUT2D eigenvalue weighted by Crippen LogP contribution is 2.25. The molecule has 2 atom stereocenters. The molecule has 1 amide bonds. The van der Waals surface area contributed by atoms with Crippen LogP contribution in [-0.4, -0.2) is 30.4 Å². The van der Waals surface area contributed by atoms with Gasteiger partial charge in [0.25, 0.3) is 0 Å². The van der Waals surface area contributed by atoms with Gasteiger partial charge in [-0.3, -0.25) is 4.79 Å². The van der Waals surface area contributed by atoms with E-state index in [4.69, 9.17) is 5.73 Å². The fourth-order valence-corrected chi connectivity index (χ4v) is 2.39. The zero-order chi connectivity index (χ0) is 10.6. The third-order valence-corrected chi connectivity index (χ3v) is 3.28. The molecule has 0 aromatic rings. The van der Waals surface area contributed by atoms with E-state index in [1.165, 1.54) is 12.8 Å². The lowest BCUT2D eigenvalue weighted by atomic mass is 9.86. The maximum atomic E-state index is 11.3. The molecule has 2 N–H and O–H groups in total. The van der Waals surface area contributed by atoms with Crippen LogP contribution in [0.1, 0.15) is 39.0 Å². The summed E-state index contributed by atoms with van der Waals surface area (Å²) in [5.41, 5.74) is 5.43. The van der Waals surface area contributed by atoms with Crippen LogP contribution in [0, 0.1) is 5.92 Å². The van der Waals surface area contributed by atoms with Crippen LogP contribution in [0.15, 0.2) is 0 Å². The Morgan fingerprint density at radius 2 is 2.20 bits per heavy atom. The molecule has 15 heavy (non-hydrogen) atoms. The Bertz CT molecular complexity index is 199. The number of primary amides is 1. The molecule has 0 aliphatic carbocycles. The number of nitrogens with zero attached hydrogens (tertiary/aromatic N) is 1. The molecule has 0 aromatic heterocycles. The summed E-state index contributed by atoms with van der Waals surface area (Å²) >= 11 is 0. The van der Waals surface area contributed by atoms with Crippen LogP contribution in [0.2, 0.25) is 0 Å². The van der Waals surface area contributed by atoms with Crippen molar-refractivity contribution in [2.45, 2.75) is 45.1 Å². The van der Waals surface area contributed by atoms with Gasteiger partial charge in [0.05, 0.1) is 5.92 Å². The van der Waals surface area contributed by atoms with Gasteiger partial charge in [-0.1, -0.05) is 19.8 Å². The van der Waals surface area contributed by atoms with Gasteiger partial charge in [-0.15, -0.1) is 12.4 Å². The second kappa shape index (κ2) is 7.07. The second-order valence-corrected chi connectivity index (χ2v) is 4.34. The number of hydrogen-bond donors (Lipinski definition) is 1. The van der Waals surface area contributed by atoms with Gasteiger partial charge in [0.1, 0.15) is 0 Å². The molecule has 1 saturated heterocycles. The van der Waals surface area contributed by atoms with Gasteiger partial charge < -0.3 is 10.6 Å². The number of carbonyl (C=O) groups excluding carboxylic acids is 1. The first kappa shape index (κ1) is 14.7. The summed E-state index contributed by atoms with van der Waals surface area (Å²) in [5, 5.41) is 0. The molecule has 0 radical (unpaired) electrons. The number of carbonyl (C=O) groups is 1. The summed E-state index contributed by atoms with van der Waals surface area (Å²) in [6.07, 6.45) is 5.58. The molecule has 1 aliphatic rings. The summed E-state index contributed by atoms with van der Waals surface area (Å²) < 4.78 is 0. The normalized spacial score (nSPS) is 27.1. The predicted octanol–water partition coefficient (Wildman–Crippen LogP) is 1.79. The van der Waals surface area contributed by atoms with E-state index in [2.05, 4.69) is 18.9 Å². The van der Waals surface area contributed by atoms with E-state index in [0.717, 1.165) is 25.8 Å². The van der Waals surface area contributed by atoms with Crippen molar-refractivity contribution >= 4 is 18.3 Å². The number of hydrogen-bond acceptors (Lipinski definition) is 2. The standard InChI is InChI=1S/C11H22N2O.ClH/c1-3-4-7-10-9(11(12)14)6-5-8-13(10)2;/h9-10H,3-8H2,1-2H3,(H2,12,14);1H. The Morgan fingerprint density at radius 1 is 1.53 bits per heavy atom. The Labute approximate surface area is 98.8 Å². The van der Waals surface area contributed by atoms with Gasteiger partial charge in [-0.2, -0.15) is 0 Å². The Balaban J connectivity index is 0.00000196. The number of likely N-dealkylation sites (tertiary alicyclic amines) is 1. The molecule has 90 valence electrons. The van der Waals surface area contributed by atoms with E-state index in [0.29, 0.717) is 6.04 Å². The number of amides is 1. The predicted molar refractivity (Wildman–Crippen MR) is 65.1 cm³/mol. The molecule has 2 unspecified atom stereocenters. The van der Waals surface area contributed by atoms with Crippen molar-refractivity contribution < 1.29 is 4.79 Å². The molecule has 3 nitrogen and oxygen atoms in total. The Hall–Kier alpha value is -0.280. The van der Waals surface area contributed by atoms with E-state index in [1.54, 1.807) is 0 Å². The summed E-state index contributed by atoms with van der Waals surface area (Å²) in [6.45, 7) is 3.29. The molecule has 0 spiro atoms. The van der Waals surface area contributed by atoms with E-state index >= 15 is 0 Å². The van der Waals surface area contributed by atoms with Gasteiger partial charge in [0.15, 0.2) is 0 Å². The zero-order valence-electron chi connectivity index (χ0n) is 9.74. The van der Waals surface area contributed by atoms with Crippen LogP contribution < -0.4 is 5.73 Å². The van der Waals surface area contributed by atoms with Crippen molar-refractivity contribution in [3.63, 3.8) is 0 Å². The summed E-state index contributed by atoms with van der Waals surface area (Å²) in [5.74, 6) is -0.0297. The van der Waals surface area contributed by atoms with Gasteiger partial charge in [-0.25, -0.2) is 0 Å². The van der Waals surface area contributed by atoms with Gasteiger partial charge in [-0.05, 0) is 32.9 Å². The first-order valence-corrected chi connectivity index (χ1v) is 5.66. The molecular formula is C11H23ClN2O. The largest absolute Gasteiger partial charge is 0.369 e. The number of piperidine rings is 1. The van der Waals surface area contributed by atoms with E-state index in [9.17, 15) is 4.79 Å². The van der Waals surface area contributed by atoms with E-state index in [1.807, 2.05) is 0 Å². The van der Waals surface area contributed by atoms with Crippen molar-refractivity contribution in [3.8, 4) is 0 Å². The second-order valence-electron chi connectivity index (χ2n) is 4.34. The average Bonchev–Trinajstić information content (AvgIpc) is 2.15. The molecule has 4 heteroatoms. The average molecular weight is 235 g/mol. The highest BCUT2D eigenvalue weighted by atomic mass is 35.5. The lowest BCUT2D eigenvalue weighted by Crippen LogP contribution is -2.47. The smallest absolute Gasteiger partial charge is 0.222 e. The van der Waals surface area contributed by atoms with Crippen molar-refractivity contribution in [1.82, 2.24) is 4.90 Å². The topological polar surface area (TPSA) is 46.3 Å². The minimum atomic E-state index is -0.113. The highest BCUT2D eigenvalue weighted by Gasteiger charge is 2.32. The molecule has 1 rings (SSSR count). The first-order valence-electron chi connectivity index (χ1n) is 5.66. The van der Waals surface area contributed by atoms with E-state index in [-0.39, 0.29) is 24.2 Å². The Kier molecular flexibility index (Phi) is 6.94. The van der Waals surface area contributed by atoms with Crippen LogP contribution >= 0.6 is 12.4 Å². The van der Waals surface area contributed by atoms with E-state index < -0.39 is 0 Å². The van der Waals surface area contributed by atoms with Crippen LogP contribution in [0.25, 0.3) is 0 Å². The van der Waals surface area contributed by atoms with Gasteiger partial charge >= 0.3 is 0 Å². The fraction of sp³-hybridized carbons (Fsp3) is 0.909. The molecule has 1 aliphatic heterocycles. The van der Waals surface area contributed by atoms with Crippen molar-refractivity contribution in [2.75, 3.05) is 13.6 Å². The van der Waals surface area contributed by atoms with Crippen LogP contribution in [0.4, 0.5) is 0 Å². The monoisotopic (exact) mass is 234 g/mol. The number of rotatable bonds is 4. The summed E-state index contributed by atoms with van der Waals surface area (Å²) in [7, 11) is 2.11. The van der Waals surface area contributed by atoms with Crippen LogP contribution in [-0.2, 0) is 4.79 Å². The maximum absolute atomic E-state index is 11.3. The molecule has 1 fully saturated rings. The van der Waals surface area contributed by atoms with Crippen LogP contribution in [0.3, 0.4) is 0 Å². The SMILES string of the molecule is CCCCC1C(C(N)=O)CCCN1C.Cl. The zero-order valence-corrected chi connectivity index (χ0v) is 10.6. The molecule has 0 aromatic carbocycles. The van der Waals surface area contributed by atoms with Crippen molar-refractivity contribution in [2.24, 2.45) is 11.7 Å². The van der Waals surface area contributed by atoms with Crippen LogP contribution in [0.5, 0.6) is 0 Å². The quantitative estimate of drug-likeness (QED) is 0.806. The summed E-state index contributed by atoms with van der Waals surface area (Å²) in [4.78, 5) is 13.6. The highest BCUT2D eigenvalue weighted by molar-refractivity contribution is 5.85. The maximum Gasteiger partial charge on any atom is 0.222 e. The Morgan fingerprint density at radius 3 is 2.73 bits per heavy atom. The summed E-state index contributed by atoms with van der Waals surface area (Å²) in [6, 6.07) is 0.390. The lowest BCUT2D eigenvalue weighted by Gasteiger charge is -2.37. The third kappa shape index (κ3) is 3.99. The molecule has 0 saturated carbocycles. The molecular weight excluding hydrogens is 212 g/mol. The van der Waals surface area contributed by atoms with Crippen molar-refractivity contribution in [3.05, 3.63) is 0 Å². The lowest BCUT2D eigenvalue weighted by molar-refractivity contribution is -0.125. The first-order chi connectivity index (χ1) is 6.66. The number of nitrogens with two attached hydrogens (primary N) is 1. The van der Waals surface area contributed by atoms with Gasteiger partial charge in [0.2, 0.25) is 5.91 Å². The van der Waals surface area contributed by atoms with Gasteiger partial charge in [0, 0.05) is 6.04 Å². The molecule has 0 bridgehead atoms. The minimum absolute atomic E-state index is 0. The molecule has 1 heterocycles. The number of halogens is 1. The van der Waals surface area contributed by atoms with Crippen molar-refractivity contribution in [1.29, 1.82) is 0 Å². The minimum Gasteiger partial charge on any atom is -0.369 e. The third-order valence-electron chi connectivity index (χ3n) is 3.28. The number of unbranched alkanes of at least 4 members (excludes halogenated alkanes) is 1. The fourth-order valence-electron chi connectivity index (χ4n) is 2.39.